The van der Waals surface area contributed by atoms with Crippen molar-refractivity contribution in [3.8, 4) is 0 Å². The summed E-state index contributed by atoms with van der Waals surface area (Å²) < 4.78 is 37.1. The second-order valence-electron chi connectivity index (χ2n) is 4.53. The lowest BCUT2D eigenvalue weighted by Crippen LogP contribution is -2.28. The van der Waals surface area contributed by atoms with Gasteiger partial charge >= 0.3 is 11.9 Å². The van der Waals surface area contributed by atoms with E-state index in [-0.39, 0.29) is 21.4 Å². The molecule has 1 aromatic rings. The Labute approximate surface area is 145 Å². The quantitative estimate of drug-likeness (QED) is 0.730. The van der Waals surface area contributed by atoms with Crippen molar-refractivity contribution in [2.45, 2.75) is 0 Å². The SMILES string of the molecule is COC(=O)C1=C(C(=O)OC)N(c2c(F)cc(F)cc2Br)C=CC=C1. The standard InChI is InChI=1S/C16H12BrF2NO4/c1-23-15(21)10-5-3-4-6-20(13(10)16(22)24-2)14-11(17)7-9(18)8-12(14)19/h3-8H,1-2H3. The molecule has 1 aromatic carbocycles. The fraction of sp³-hybridized carbons (Fsp3) is 0.125. The van der Waals surface area contributed by atoms with Crippen molar-refractivity contribution < 1.29 is 27.8 Å². The highest BCUT2D eigenvalue weighted by Gasteiger charge is 2.30. The molecule has 8 heteroatoms. The first kappa shape index (κ1) is 17.9. The third-order valence-corrected chi connectivity index (χ3v) is 3.72. The Bertz CT molecular complexity index is 763. The predicted molar refractivity (Wildman–Crippen MR) is 85.9 cm³/mol. The molecule has 0 radical (unpaired) electrons. The summed E-state index contributed by atoms with van der Waals surface area (Å²) in [6.07, 6.45) is 5.64. The Balaban J connectivity index is 2.75. The highest BCUT2D eigenvalue weighted by atomic mass is 79.9. The smallest absolute Gasteiger partial charge is 0.355 e. The van der Waals surface area contributed by atoms with Crippen molar-refractivity contribution in [1.82, 2.24) is 0 Å². The van der Waals surface area contributed by atoms with E-state index in [2.05, 4.69) is 20.7 Å². The number of rotatable bonds is 3. The van der Waals surface area contributed by atoms with Crippen LogP contribution in [-0.2, 0) is 19.1 Å². The molecule has 2 rings (SSSR count). The Morgan fingerprint density at radius 2 is 1.75 bits per heavy atom. The van der Waals surface area contributed by atoms with Gasteiger partial charge in [0.2, 0.25) is 0 Å². The van der Waals surface area contributed by atoms with E-state index >= 15 is 0 Å². The van der Waals surface area contributed by atoms with Gasteiger partial charge in [-0.05, 0) is 34.1 Å². The van der Waals surface area contributed by atoms with E-state index in [1.807, 2.05) is 0 Å². The number of nitrogens with zero attached hydrogens (tertiary/aromatic N) is 1. The van der Waals surface area contributed by atoms with Gasteiger partial charge in [-0.1, -0.05) is 6.08 Å². The number of carbonyl (C=O) groups excluding carboxylic acids is 2. The van der Waals surface area contributed by atoms with Crippen LogP contribution in [0.5, 0.6) is 0 Å². The molecule has 1 aliphatic rings. The summed E-state index contributed by atoms with van der Waals surface area (Å²) in [6.45, 7) is 0. The number of benzene rings is 1. The molecule has 5 nitrogen and oxygen atoms in total. The first-order valence-corrected chi connectivity index (χ1v) is 7.39. The van der Waals surface area contributed by atoms with Crippen LogP contribution >= 0.6 is 15.9 Å². The van der Waals surface area contributed by atoms with Crippen LogP contribution in [0.4, 0.5) is 14.5 Å². The molecule has 0 N–H and O–H groups in total. The summed E-state index contributed by atoms with van der Waals surface area (Å²) in [6, 6.07) is 1.70. The zero-order chi connectivity index (χ0) is 17.9. The van der Waals surface area contributed by atoms with Gasteiger partial charge in [-0.25, -0.2) is 18.4 Å². The van der Waals surface area contributed by atoms with Crippen LogP contribution in [0.15, 0.2) is 52.3 Å². The second kappa shape index (κ2) is 7.39. The molecule has 0 saturated carbocycles. The van der Waals surface area contributed by atoms with Crippen molar-refractivity contribution in [2.24, 2.45) is 0 Å². The number of methoxy groups -OCH3 is 2. The molecule has 0 amide bonds. The molecule has 0 bridgehead atoms. The lowest BCUT2D eigenvalue weighted by atomic mass is 10.1. The van der Waals surface area contributed by atoms with Gasteiger partial charge in [0.25, 0.3) is 0 Å². The lowest BCUT2D eigenvalue weighted by molar-refractivity contribution is -0.139. The third kappa shape index (κ3) is 3.38. The summed E-state index contributed by atoms with van der Waals surface area (Å²) in [5.41, 5.74) is -0.552. The molecule has 0 spiro atoms. The lowest BCUT2D eigenvalue weighted by Gasteiger charge is -2.24. The van der Waals surface area contributed by atoms with Gasteiger partial charge in [-0.2, -0.15) is 0 Å². The normalized spacial score (nSPS) is 13.8. The maximum absolute atomic E-state index is 14.3. The molecule has 0 unspecified atom stereocenters. The molecular weight excluding hydrogens is 388 g/mol. The maximum atomic E-state index is 14.3. The van der Waals surface area contributed by atoms with E-state index in [1.54, 1.807) is 0 Å². The summed E-state index contributed by atoms with van der Waals surface area (Å²) in [5.74, 6) is -3.42. The van der Waals surface area contributed by atoms with E-state index in [9.17, 15) is 18.4 Å². The van der Waals surface area contributed by atoms with E-state index < -0.39 is 23.6 Å². The molecule has 1 aliphatic heterocycles. The molecule has 1 heterocycles. The van der Waals surface area contributed by atoms with E-state index in [4.69, 9.17) is 4.74 Å². The highest BCUT2D eigenvalue weighted by molar-refractivity contribution is 9.10. The van der Waals surface area contributed by atoms with Gasteiger partial charge in [0.15, 0.2) is 5.82 Å². The zero-order valence-electron chi connectivity index (χ0n) is 12.7. The fourth-order valence-electron chi connectivity index (χ4n) is 2.10. The molecular formula is C16H12BrF2NO4. The number of ether oxygens (including phenoxy) is 2. The Morgan fingerprint density at radius 1 is 1.08 bits per heavy atom. The summed E-state index contributed by atoms with van der Waals surface area (Å²) >= 11 is 3.06. The molecule has 126 valence electrons. The number of hydrogen-bond acceptors (Lipinski definition) is 5. The maximum Gasteiger partial charge on any atom is 0.355 e. The van der Waals surface area contributed by atoms with Crippen LogP contribution in [0.1, 0.15) is 0 Å². The summed E-state index contributed by atoms with van der Waals surface area (Å²) in [5, 5.41) is 0. The number of hydrogen-bond donors (Lipinski definition) is 0. The van der Waals surface area contributed by atoms with Crippen molar-refractivity contribution >= 4 is 33.6 Å². The zero-order valence-corrected chi connectivity index (χ0v) is 14.3. The number of anilines is 1. The largest absolute Gasteiger partial charge is 0.465 e. The molecule has 0 aliphatic carbocycles. The fourth-order valence-corrected chi connectivity index (χ4v) is 2.70. The van der Waals surface area contributed by atoms with Gasteiger partial charge < -0.3 is 14.4 Å². The van der Waals surface area contributed by atoms with Crippen LogP contribution in [-0.4, -0.2) is 26.2 Å². The van der Waals surface area contributed by atoms with Crippen molar-refractivity contribution in [3.63, 3.8) is 0 Å². The van der Waals surface area contributed by atoms with Crippen LogP contribution in [0.3, 0.4) is 0 Å². The highest BCUT2D eigenvalue weighted by Crippen LogP contribution is 2.35. The van der Waals surface area contributed by atoms with Crippen LogP contribution in [0.2, 0.25) is 0 Å². The van der Waals surface area contributed by atoms with E-state index in [1.165, 1.54) is 24.4 Å². The molecule has 0 fully saturated rings. The minimum atomic E-state index is -0.931. The summed E-state index contributed by atoms with van der Waals surface area (Å²) in [4.78, 5) is 25.3. The Kier molecular flexibility index (Phi) is 5.50. The average Bonchev–Trinajstić information content (AvgIpc) is 2.75. The van der Waals surface area contributed by atoms with Crippen LogP contribution in [0, 0.1) is 11.6 Å². The molecule has 24 heavy (non-hydrogen) atoms. The minimum Gasteiger partial charge on any atom is -0.465 e. The van der Waals surface area contributed by atoms with Crippen molar-refractivity contribution in [2.75, 3.05) is 19.1 Å². The number of esters is 2. The van der Waals surface area contributed by atoms with Gasteiger partial charge in [-0.3, -0.25) is 0 Å². The Morgan fingerprint density at radius 3 is 2.33 bits per heavy atom. The number of carbonyl (C=O) groups is 2. The van der Waals surface area contributed by atoms with Crippen LogP contribution in [0.25, 0.3) is 0 Å². The van der Waals surface area contributed by atoms with E-state index in [0.29, 0.717) is 6.07 Å². The van der Waals surface area contributed by atoms with Gasteiger partial charge in [0.05, 0.1) is 25.5 Å². The predicted octanol–water partition coefficient (Wildman–Crippen LogP) is 3.22. The van der Waals surface area contributed by atoms with Gasteiger partial charge in [0, 0.05) is 16.7 Å². The topological polar surface area (TPSA) is 55.8 Å². The third-order valence-electron chi connectivity index (χ3n) is 3.11. The first-order chi connectivity index (χ1) is 11.4. The van der Waals surface area contributed by atoms with Crippen molar-refractivity contribution in [3.05, 3.63) is 63.9 Å². The first-order valence-electron chi connectivity index (χ1n) is 6.60. The monoisotopic (exact) mass is 399 g/mol. The number of halogens is 3. The van der Waals surface area contributed by atoms with E-state index in [0.717, 1.165) is 25.2 Å². The van der Waals surface area contributed by atoms with Crippen molar-refractivity contribution in [1.29, 1.82) is 0 Å². The minimum absolute atomic E-state index is 0.0529. The Hall–Kier alpha value is -2.48. The van der Waals surface area contributed by atoms with Gasteiger partial charge in [0.1, 0.15) is 11.5 Å². The van der Waals surface area contributed by atoms with Gasteiger partial charge in [-0.15, -0.1) is 0 Å². The molecule has 0 atom stereocenters. The number of allylic oxidation sites excluding steroid dienone is 2. The second-order valence-corrected chi connectivity index (χ2v) is 5.39. The molecule has 0 saturated heterocycles. The van der Waals surface area contributed by atoms with Crippen LogP contribution < -0.4 is 4.90 Å². The average molecular weight is 400 g/mol. The molecule has 0 aromatic heterocycles. The summed E-state index contributed by atoms with van der Waals surface area (Å²) in [7, 11) is 2.27.